The molecule has 2 amide bonds. The Kier molecular flexibility index (Phi) is 5.48. The monoisotopic (exact) mass is 370 g/mol. The van der Waals surface area contributed by atoms with Gasteiger partial charge in [-0.3, -0.25) is 14.5 Å². The van der Waals surface area contributed by atoms with Crippen molar-refractivity contribution in [1.29, 1.82) is 0 Å². The SMILES string of the molecule is COc1ccc(NCN2C(=O)S/C(=C\c3cccc(OC)c3)C2=O)cc1. The van der Waals surface area contributed by atoms with Crippen LogP contribution in [0.3, 0.4) is 0 Å². The molecule has 2 aromatic carbocycles. The van der Waals surface area contributed by atoms with Crippen molar-refractivity contribution in [2.75, 3.05) is 26.2 Å². The summed E-state index contributed by atoms with van der Waals surface area (Å²) < 4.78 is 10.3. The Labute approximate surface area is 155 Å². The van der Waals surface area contributed by atoms with Crippen LogP contribution in [0.1, 0.15) is 5.56 Å². The summed E-state index contributed by atoms with van der Waals surface area (Å²) >= 11 is 0.929. The molecule has 0 radical (unpaired) electrons. The van der Waals surface area contributed by atoms with E-state index in [1.54, 1.807) is 32.4 Å². The van der Waals surface area contributed by atoms with Crippen molar-refractivity contribution < 1.29 is 19.1 Å². The van der Waals surface area contributed by atoms with Crippen LogP contribution in [0, 0.1) is 0 Å². The van der Waals surface area contributed by atoms with Crippen molar-refractivity contribution in [2.24, 2.45) is 0 Å². The maximum Gasteiger partial charge on any atom is 0.295 e. The van der Waals surface area contributed by atoms with Crippen molar-refractivity contribution in [3.05, 3.63) is 59.0 Å². The van der Waals surface area contributed by atoms with Gasteiger partial charge in [-0.1, -0.05) is 12.1 Å². The number of hydrogen-bond donors (Lipinski definition) is 1. The number of imide groups is 1. The number of nitrogens with one attached hydrogen (secondary N) is 1. The van der Waals surface area contributed by atoms with Crippen LogP contribution in [0.4, 0.5) is 10.5 Å². The molecule has 1 aliphatic heterocycles. The van der Waals surface area contributed by atoms with Gasteiger partial charge in [-0.25, -0.2) is 0 Å². The molecule has 1 heterocycles. The lowest BCUT2D eigenvalue weighted by Gasteiger charge is -2.14. The molecule has 0 spiro atoms. The summed E-state index contributed by atoms with van der Waals surface area (Å²) in [6.07, 6.45) is 1.70. The third kappa shape index (κ3) is 4.00. The van der Waals surface area contributed by atoms with E-state index in [1.165, 1.54) is 4.90 Å². The molecule has 1 aliphatic rings. The number of thioether (sulfide) groups is 1. The average molecular weight is 370 g/mol. The van der Waals surface area contributed by atoms with Gasteiger partial charge in [-0.2, -0.15) is 0 Å². The van der Waals surface area contributed by atoms with Crippen LogP contribution >= 0.6 is 11.8 Å². The normalized spacial score (nSPS) is 15.5. The number of carbonyl (C=O) groups excluding carboxylic acids is 2. The first-order chi connectivity index (χ1) is 12.6. The molecule has 134 valence electrons. The largest absolute Gasteiger partial charge is 0.497 e. The fourth-order valence-corrected chi connectivity index (χ4v) is 3.24. The van der Waals surface area contributed by atoms with Crippen LogP contribution in [0.25, 0.3) is 6.08 Å². The fraction of sp³-hybridized carbons (Fsp3) is 0.158. The number of nitrogens with zero attached hydrogens (tertiary/aromatic N) is 1. The third-order valence-electron chi connectivity index (χ3n) is 3.80. The molecule has 26 heavy (non-hydrogen) atoms. The van der Waals surface area contributed by atoms with Crippen LogP contribution < -0.4 is 14.8 Å². The highest BCUT2D eigenvalue weighted by molar-refractivity contribution is 8.18. The van der Waals surface area contributed by atoms with E-state index in [9.17, 15) is 9.59 Å². The van der Waals surface area contributed by atoms with Gasteiger partial charge >= 0.3 is 0 Å². The lowest BCUT2D eigenvalue weighted by molar-refractivity contribution is -0.122. The minimum absolute atomic E-state index is 0.104. The van der Waals surface area contributed by atoms with E-state index >= 15 is 0 Å². The first-order valence-corrected chi connectivity index (χ1v) is 8.69. The highest BCUT2D eigenvalue weighted by atomic mass is 32.2. The number of rotatable bonds is 6. The number of ether oxygens (including phenoxy) is 2. The van der Waals surface area contributed by atoms with Crippen LogP contribution in [0.15, 0.2) is 53.4 Å². The van der Waals surface area contributed by atoms with Crippen molar-refractivity contribution >= 4 is 34.7 Å². The number of amides is 2. The lowest BCUT2D eigenvalue weighted by Crippen LogP contribution is -2.33. The molecule has 3 rings (SSSR count). The van der Waals surface area contributed by atoms with E-state index in [1.807, 2.05) is 36.4 Å². The van der Waals surface area contributed by atoms with Gasteiger partial charge in [0.25, 0.3) is 11.1 Å². The first kappa shape index (κ1) is 17.9. The molecular formula is C19H18N2O4S. The van der Waals surface area contributed by atoms with Crippen molar-refractivity contribution in [3.8, 4) is 11.5 Å². The van der Waals surface area contributed by atoms with Crippen molar-refractivity contribution in [2.45, 2.75) is 0 Å². The topological polar surface area (TPSA) is 67.9 Å². The second-order valence-corrected chi connectivity index (χ2v) is 6.44. The van der Waals surface area contributed by atoms with Crippen LogP contribution in [0.5, 0.6) is 11.5 Å². The van der Waals surface area contributed by atoms with E-state index in [0.717, 1.165) is 28.8 Å². The Bertz CT molecular complexity index is 849. The van der Waals surface area contributed by atoms with Crippen LogP contribution in [-0.2, 0) is 4.79 Å². The Morgan fingerprint density at radius 2 is 1.77 bits per heavy atom. The van der Waals surface area contributed by atoms with E-state index < -0.39 is 0 Å². The summed E-state index contributed by atoms with van der Waals surface area (Å²) in [4.78, 5) is 26.3. The van der Waals surface area contributed by atoms with Gasteiger partial charge in [0, 0.05) is 5.69 Å². The minimum atomic E-state index is -0.316. The molecule has 0 unspecified atom stereocenters. The van der Waals surface area contributed by atoms with Gasteiger partial charge in [0.15, 0.2) is 0 Å². The zero-order valence-corrected chi connectivity index (χ0v) is 15.2. The second kappa shape index (κ2) is 7.97. The predicted molar refractivity (Wildman–Crippen MR) is 102 cm³/mol. The smallest absolute Gasteiger partial charge is 0.295 e. The molecule has 1 saturated heterocycles. The van der Waals surface area contributed by atoms with Gasteiger partial charge in [-0.15, -0.1) is 0 Å². The quantitative estimate of drug-likeness (QED) is 0.780. The summed E-state index contributed by atoms with van der Waals surface area (Å²) in [6.45, 7) is 0.104. The minimum Gasteiger partial charge on any atom is -0.497 e. The molecule has 0 aliphatic carbocycles. The number of methoxy groups -OCH3 is 2. The van der Waals surface area contributed by atoms with E-state index in [4.69, 9.17) is 9.47 Å². The fourth-order valence-electron chi connectivity index (χ4n) is 2.40. The Balaban J connectivity index is 1.68. The molecule has 7 heteroatoms. The Hall–Kier alpha value is -2.93. The molecule has 1 fully saturated rings. The summed E-state index contributed by atoms with van der Waals surface area (Å²) in [5, 5.41) is 2.77. The summed E-state index contributed by atoms with van der Waals surface area (Å²) in [6, 6.07) is 14.6. The van der Waals surface area contributed by atoms with E-state index in [2.05, 4.69) is 5.32 Å². The Morgan fingerprint density at radius 3 is 2.46 bits per heavy atom. The summed E-state index contributed by atoms with van der Waals surface area (Å²) in [5.41, 5.74) is 1.60. The molecule has 2 aromatic rings. The van der Waals surface area contributed by atoms with Crippen LogP contribution in [-0.4, -0.2) is 36.9 Å². The number of carbonyl (C=O) groups is 2. The summed E-state index contributed by atoms with van der Waals surface area (Å²) in [7, 11) is 3.18. The molecule has 0 saturated carbocycles. The third-order valence-corrected chi connectivity index (χ3v) is 4.70. The number of hydrogen-bond acceptors (Lipinski definition) is 6. The first-order valence-electron chi connectivity index (χ1n) is 7.88. The van der Waals surface area contributed by atoms with Gasteiger partial charge < -0.3 is 14.8 Å². The highest BCUT2D eigenvalue weighted by Crippen LogP contribution is 2.32. The van der Waals surface area contributed by atoms with E-state index in [0.29, 0.717) is 10.7 Å². The molecule has 6 nitrogen and oxygen atoms in total. The van der Waals surface area contributed by atoms with Crippen LogP contribution in [0.2, 0.25) is 0 Å². The highest BCUT2D eigenvalue weighted by Gasteiger charge is 2.34. The van der Waals surface area contributed by atoms with Crippen molar-refractivity contribution in [3.63, 3.8) is 0 Å². The van der Waals surface area contributed by atoms with Gasteiger partial charge in [0.1, 0.15) is 11.5 Å². The number of anilines is 1. The standard InChI is InChI=1S/C19H18N2O4S/c1-24-15-8-6-14(7-9-15)20-12-21-18(22)17(26-19(21)23)11-13-4-3-5-16(10-13)25-2/h3-11,20H,12H2,1-2H3/b17-11-. The Morgan fingerprint density at radius 1 is 1.04 bits per heavy atom. The predicted octanol–water partition coefficient (Wildman–Crippen LogP) is 3.81. The maximum absolute atomic E-state index is 12.5. The second-order valence-electron chi connectivity index (χ2n) is 5.45. The molecule has 1 N–H and O–H groups in total. The summed E-state index contributed by atoms with van der Waals surface area (Å²) in [5.74, 6) is 1.12. The zero-order chi connectivity index (χ0) is 18.5. The molecular weight excluding hydrogens is 352 g/mol. The number of benzene rings is 2. The van der Waals surface area contributed by atoms with E-state index in [-0.39, 0.29) is 17.8 Å². The maximum atomic E-state index is 12.5. The van der Waals surface area contributed by atoms with Gasteiger partial charge in [0.05, 0.1) is 25.8 Å². The molecule has 0 aromatic heterocycles. The molecule has 0 atom stereocenters. The lowest BCUT2D eigenvalue weighted by atomic mass is 10.2. The van der Waals surface area contributed by atoms with Crippen molar-refractivity contribution in [1.82, 2.24) is 4.90 Å². The molecule has 0 bridgehead atoms. The average Bonchev–Trinajstić information content (AvgIpc) is 2.93. The van der Waals surface area contributed by atoms with Gasteiger partial charge in [-0.05, 0) is 59.8 Å². The van der Waals surface area contributed by atoms with Gasteiger partial charge in [0.2, 0.25) is 0 Å². The zero-order valence-electron chi connectivity index (χ0n) is 14.4.